The Kier molecular flexibility index (Phi) is 8.61. The molecule has 2 aromatic carbocycles. The highest BCUT2D eigenvalue weighted by Crippen LogP contribution is 2.36. The quantitative estimate of drug-likeness (QED) is 0.402. The van der Waals surface area contributed by atoms with Crippen LogP contribution < -0.4 is 10.5 Å². The molecule has 0 atom stereocenters. The lowest BCUT2D eigenvalue weighted by Crippen LogP contribution is -2.37. The van der Waals surface area contributed by atoms with Crippen LogP contribution in [-0.4, -0.2) is 48.2 Å². The van der Waals surface area contributed by atoms with Crippen molar-refractivity contribution in [2.75, 3.05) is 32.8 Å². The molecule has 1 aliphatic heterocycles. The minimum absolute atomic E-state index is 0.378. The van der Waals surface area contributed by atoms with Gasteiger partial charge < -0.3 is 19.8 Å². The Bertz CT molecular complexity index is 1120. The molecule has 3 aromatic rings. The number of unbranched alkanes of at least 4 members (excludes halogenated alkanes) is 1. The van der Waals surface area contributed by atoms with Gasteiger partial charge in [0.2, 0.25) is 0 Å². The Morgan fingerprint density at radius 1 is 1.00 bits per heavy atom. The Hall–Kier alpha value is -3.09. The summed E-state index contributed by atoms with van der Waals surface area (Å²) in [5.74, 6) is 1.14. The monoisotopic (exact) mass is 475 g/mol. The molecule has 1 fully saturated rings. The third kappa shape index (κ3) is 6.13. The van der Waals surface area contributed by atoms with E-state index in [1.165, 1.54) is 5.69 Å². The number of carbonyl (C=O) groups excluding carboxylic acids is 1. The van der Waals surface area contributed by atoms with Gasteiger partial charge in [-0.15, -0.1) is 0 Å². The van der Waals surface area contributed by atoms with Crippen LogP contribution in [0.3, 0.4) is 0 Å². The number of para-hydroxylation sites is 1. The molecule has 1 aliphatic rings. The fourth-order valence-corrected chi connectivity index (χ4v) is 4.93. The van der Waals surface area contributed by atoms with Crippen molar-refractivity contribution < 1.29 is 14.3 Å². The number of carbonyl (C=O) groups is 1. The normalized spacial score (nSPS) is 14.2. The van der Waals surface area contributed by atoms with Crippen molar-refractivity contribution in [1.29, 1.82) is 0 Å². The van der Waals surface area contributed by atoms with Crippen LogP contribution in [0.2, 0.25) is 0 Å². The predicted molar refractivity (Wildman–Crippen MR) is 140 cm³/mol. The zero-order valence-corrected chi connectivity index (χ0v) is 21.0. The summed E-state index contributed by atoms with van der Waals surface area (Å²) < 4.78 is 13.9. The van der Waals surface area contributed by atoms with Gasteiger partial charge in [-0.05, 0) is 56.0 Å². The first-order valence-corrected chi connectivity index (χ1v) is 12.7. The topological polar surface area (TPSA) is 69.7 Å². The van der Waals surface area contributed by atoms with Crippen LogP contribution in [0.4, 0.5) is 0 Å². The van der Waals surface area contributed by atoms with E-state index < -0.39 is 0 Å². The van der Waals surface area contributed by atoms with Crippen LogP contribution >= 0.6 is 0 Å². The van der Waals surface area contributed by atoms with Crippen molar-refractivity contribution in [2.24, 2.45) is 5.73 Å². The van der Waals surface area contributed by atoms with Gasteiger partial charge >= 0.3 is 0 Å². The smallest absolute Gasteiger partial charge is 0.251 e. The molecule has 0 bridgehead atoms. The van der Waals surface area contributed by atoms with Gasteiger partial charge in [0.25, 0.3) is 5.91 Å². The molecule has 186 valence electrons. The second-order valence-corrected chi connectivity index (χ2v) is 9.15. The van der Waals surface area contributed by atoms with Gasteiger partial charge in [-0.3, -0.25) is 9.69 Å². The number of ether oxygens (including phenoxy) is 2. The molecule has 1 aromatic heterocycles. The molecule has 0 spiro atoms. The Morgan fingerprint density at radius 2 is 1.74 bits per heavy atom. The number of primary amides is 1. The van der Waals surface area contributed by atoms with Gasteiger partial charge in [0.15, 0.2) is 0 Å². The van der Waals surface area contributed by atoms with Crippen molar-refractivity contribution in [3.63, 3.8) is 0 Å². The van der Waals surface area contributed by atoms with E-state index in [1.807, 2.05) is 61.5 Å². The van der Waals surface area contributed by atoms with Gasteiger partial charge in [-0.2, -0.15) is 0 Å². The molecule has 2 N–H and O–H groups in total. The third-order valence-electron chi connectivity index (χ3n) is 6.71. The van der Waals surface area contributed by atoms with Crippen LogP contribution in [-0.2, 0) is 17.7 Å². The summed E-state index contributed by atoms with van der Waals surface area (Å²) in [5, 5.41) is 0. The maximum absolute atomic E-state index is 12.7. The van der Waals surface area contributed by atoms with Crippen LogP contribution in [0.1, 0.15) is 47.9 Å². The van der Waals surface area contributed by atoms with Gasteiger partial charge in [-0.1, -0.05) is 43.7 Å². The van der Waals surface area contributed by atoms with Crippen molar-refractivity contribution >= 4 is 5.91 Å². The summed E-state index contributed by atoms with van der Waals surface area (Å²) >= 11 is 0. The van der Waals surface area contributed by atoms with E-state index in [0.29, 0.717) is 5.56 Å². The molecule has 0 saturated carbocycles. The fraction of sp³-hybridized carbons (Fsp3) is 0.414. The highest BCUT2D eigenvalue weighted by molar-refractivity contribution is 6.02. The molecular weight excluding hydrogens is 438 g/mol. The summed E-state index contributed by atoms with van der Waals surface area (Å²) in [7, 11) is 0. The van der Waals surface area contributed by atoms with Gasteiger partial charge in [0.05, 0.1) is 18.8 Å². The standard InChI is InChI=1S/C29H37N3O3/c1-3-4-14-26-28(23-10-8-13-25(21-23)35-24-11-6-5-7-12-24)27(29(30)33)22(2)32(26)16-9-15-31-17-19-34-20-18-31/h5-8,10-13,21H,3-4,9,14-20H2,1-2H3,(H2,30,33). The molecule has 4 rings (SSSR count). The van der Waals surface area contributed by atoms with Crippen molar-refractivity contribution in [2.45, 2.75) is 46.1 Å². The minimum atomic E-state index is -0.378. The maximum Gasteiger partial charge on any atom is 0.251 e. The summed E-state index contributed by atoms with van der Waals surface area (Å²) in [6.07, 6.45) is 4.06. The second kappa shape index (κ2) is 12.0. The average Bonchev–Trinajstić information content (AvgIpc) is 3.15. The molecule has 0 unspecified atom stereocenters. The predicted octanol–water partition coefficient (Wildman–Crippen LogP) is 5.42. The average molecular weight is 476 g/mol. The largest absolute Gasteiger partial charge is 0.457 e. The van der Waals surface area contributed by atoms with E-state index in [4.69, 9.17) is 15.2 Å². The summed E-state index contributed by atoms with van der Waals surface area (Å²) in [6, 6.07) is 17.7. The van der Waals surface area contributed by atoms with Crippen molar-refractivity contribution in [3.8, 4) is 22.6 Å². The van der Waals surface area contributed by atoms with Gasteiger partial charge in [0.1, 0.15) is 11.5 Å². The van der Waals surface area contributed by atoms with Crippen LogP contribution in [0.15, 0.2) is 54.6 Å². The summed E-state index contributed by atoms with van der Waals surface area (Å²) in [4.78, 5) is 15.2. The molecule has 2 heterocycles. The van der Waals surface area contributed by atoms with Crippen LogP contribution in [0.5, 0.6) is 11.5 Å². The van der Waals surface area contributed by atoms with Crippen molar-refractivity contribution in [1.82, 2.24) is 9.47 Å². The number of amides is 1. The van der Waals surface area contributed by atoms with Gasteiger partial charge in [-0.25, -0.2) is 0 Å². The fourth-order valence-electron chi connectivity index (χ4n) is 4.93. The van der Waals surface area contributed by atoms with Crippen molar-refractivity contribution in [3.05, 3.63) is 71.5 Å². The molecule has 1 saturated heterocycles. The first-order chi connectivity index (χ1) is 17.1. The van der Waals surface area contributed by atoms with E-state index in [1.54, 1.807) is 0 Å². The van der Waals surface area contributed by atoms with E-state index in [9.17, 15) is 4.79 Å². The molecule has 1 amide bonds. The first kappa shape index (κ1) is 25.0. The highest BCUT2D eigenvalue weighted by Gasteiger charge is 2.25. The molecule has 0 aliphatic carbocycles. The Labute approximate surface area is 208 Å². The number of aromatic nitrogens is 1. The van der Waals surface area contributed by atoms with E-state index in [0.717, 1.165) is 93.4 Å². The Balaban J connectivity index is 1.67. The second-order valence-electron chi connectivity index (χ2n) is 9.15. The Morgan fingerprint density at radius 3 is 2.46 bits per heavy atom. The highest BCUT2D eigenvalue weighted by atomic mass is 16.5. The molecule has 6 heteroatoms. The SMILES string of the molecule is CCCCc1c(-c2cccc(Oc3ccccc3)c2)c(C(N)=O)c(C)n1CCCN1CCOCC1. The lowest BCUT2D eigenvalue weighted by molar-refractivity contribution is 0.0369. The first-order valence-electron chi connectivity index (χ1n) is 12.7. The molecular formula is C29H37N3O3. The third-order valence-corrected chi connectivity index (χ3v) is 6.71. The number of nitrogens with zero attached hydrogens (tertiary/aromatic N) is 2. The van der Waals surface area contributed by atoms with E-state index >= 15 is 0 Å². The number of hydrogen-bond donors (Lipinski definition) is 1. The number of nitrogens with two attached hydrogens (primary N) is 1. The summed E-state index contributed by atoms with van der Waals surface area (Å²) in [6.45, 7) is 9.69. The lowest BCUT2D eigenvalue weighted by atomic mass is 9.97. The number of hydrogen-bond acceptors (Lipinski definition) is 4. The zero-order valence-electron chi connectivity index (χ0n) is 21.0. The summed E-state index contributed by atoms with van der Waals surface area (Å²) in [5.41, 5.74) is 10.7. The van der Waals surface area contributed by atoms with Crippen LogP contribution in [0.25, 0.3) is 11.1 Å². The molecule has 35 heavy (non-hydrogen) atoms. The molecule has 0 radical (unpaired) electrons. The minimum Gasteiger partial charge on any atom is -0.457 e. The molecule has 6 nitrogen and oxygen atoms in total. The van der Waals surface area contributed by atoms with E-state index in [2.05, 4.69) is 16.4 Å². The maximum atomic E-state index is 12.7. The van der Waals surface area contributed by atoms with Gasteiger partial charge in [0, 0.05) is 43.1 Å². The number of benzene rings is 2. The lowest BCUT2D eigenvalue weighted by Gasteiger charge is -2.26. The number of morpholine rings is 1. The van der Waals surface area contributed by atoms with Crippen LogP contribution in [0, 0.1) is 6.92 Å². The number of rotatable bonds is 11. The zero-order chi connectivity index (χ0) is 24.6. The van der Waals surface area contributed by atoms with E-state index in [-0.39, 0.29) is 5.91 Å².